The van der Waals surface area contributed by atoms with Gasteiger partial charge in [-0.15, -0.1) is 0 Å². The molecule has 1 atom stereocenters. The summed E-state index contributed by atoms with van der Waals surface area (Å²) in [5, 5.41) is 6.05. The molecule has 0 aliphatic rings. The van der Waals surface area contributed by atoms with Crippen molar-refractivity contribution in [1.29, 1.82) is 0 Å². The van der Waals surface area contributed by atoms with Crippen LogP contribution in [0.2, 0.25) is 5.02 Å². The molecule has 8 heteroatoms. The first-order valence-corrected chi connectivity index (χ1v) is 11.1. The quantitative estimate of drug-likeness (QED) is 0.301. The summed E-state index contributed by atoms with van der Waals surface area (Å²) in [6.07, 6.45) is -3.01. The highest BCUT2D eigenvalue weighted by Crippen LogP contribution is 2.37. The van der Waals surface area contributed by atoms with E-state index in [-0.39, 0.29) is 12.0 Å². The highest BCUT2D eigenvalue weighted by atomic mass is 35.5. The molecule has 1 heterocycles. The van der Waals surface area contributed by atoms with Crippen molar-refractivity contribution in [3.63, 3.8) is 0 Å². The average Bonchev–Trinajstić information content (AvgIpc) is 2.85. The molecular formula is C27H21ClF3N3O. The van der Waals surface area contributed by atoms with Crippen molar-refractivity contribution in [1.82, 2.24) is 10.3 Å². The van der Waals surface area contributed by atoms with Crippen molar-refractivity contribution in [2.75, 3.05) is 5.32 Å². The third-order valence-electron chi connectivity index (χ3n) is 5.52. The molecule has 178 valence electrons. The largest absolute Gasteiger partial charge is 0.416 e. The molecule has 2 N–H and O–H groups in total. The Kier molecular flexibility index (Phi) is 7.07. The summed E-state index contributed by atoms with van der Waals surface area (Å²) in [5.41, 5.74) is -0.367. The van der Waals surface area contributed by atoms with Crippen LogP contribution in [0.4, 0.5) is 23.7 Å². The third kappa shape index (κ3) is 5.81. The van der Waals surface area contributed by atoms with E-state index < -0.39 is 23.3 Å². The second kappa shape index (κ2) is 10.2. The Morgan fingerprint density at radius 2 is 1.49 bits per heavy atom. The van der Waals surface area contributed by atoms with Crippen LogP contribution in [0, 0.1) is 0 Å². The van der Waals surface area contributed by atoms with E-state index in [1.54, 1.807) is 42.5 Å². The van der Waals surface area contributed by atoms with Crippen LogP contribution in [0.3, 0.4) is 0 Å². The summed E-state index contributed by atoms with van der Waals surface area (Å²) in [6.45, 7) is 0. The Bertz CT molecular complexity index is 1280. The minimum absolute atomic E-state index is 0.145. The summed E-state index contributed by atoms with van der Waals surface area (Å²) >= 11 is 6.06. The Morgan fingerprint density at radius 3 is 2.11 bits per heavy atom. The SMILES string of the molecule is O=C(Nc1ccccc1)NC(Cc1ccccc1)(c1cccc(C(F)(F)F)c1)c1ccc(Cl)cn1. The van der Waals surface area contributed by atoms with Crippen LogP contribution in [0.1, 0.15) is 22.4 Å². The first-order chi connectivity index (χ1) is 16.8. The van der Waals surface area contributed by atoms with Gasteiger partial charge in [0.25, 0.3) is 0 Å². The predicted octanol–water partition coefficient (Wildman–Crippen LogP) is 7.06. The zero-order chi connectivity index (χ0) is 24.9. The highest BCUT2D eigenvalue weighted by Gasteiger charge is 2.40. The first-order valence-electron chi connectivity index (χ1n) is 10.7. The van der Waals surface area contributed by atoms with Gasteiger partial charge in [-0.1, -0.05) is 72.3 Å². The molecule has 0 aliphatic carbocycles. The zero-order valence-electron chi connectivity index (χ0n) is 18.4. The number of halogens is 4. The molecule has 3 aromatic carbocycles. The molecule has 0 fully saturated rings. The number of aromatic nitrogens is 1. The van der Waals surface area contributed by atoms with Crippen molar-refractivity contribution >= 4 is 23.3 Å². The molecule has 4 rings (SSSR count). The molecule has 0 saturated heterocycles. The van der Waals surface area contributed by atoms with Crippen LogP contribution in [0.5, 0.6) is 0 Å². The highest BCUT2D eigenvalue weighted by molar-refractivity contribution is 6.30. The van der Waals surface area contributed by atoms with Crippen molar-refractivity contribution in [3.05, 3.63) is 131 Å². The van der Waals surface area contributed by atoms with Crippen LogP contribution in [-0.2, 0) is 18.1 Å². The molecule has 0 radical (unpaired) electrons. The molecule has 0 aliphatic heterocycles. The van der Waals surface area contributed by atoms with Crippen molar-refractivity contribution in [2.45, 2.75) is 18.1 Å². The summed E-state index contributed by atoms with van der Waals surface area (Å²) in [5.74, 6) is 0. The van der Waals surface area contributed by atoms with Gasteiger partial charge in [0.15, 0.2) is 0 Å². The summed E-state index contributed by atoms with van der Waals surface area (Å²) < 4.78 is 41.0. The average molecular weight is 496 g/mol. The number of nitrogens with one attached hydrogen (secondary N) is 2. The first kappa shape index (κ1) is 24.3. The van der Waals surface area contributed by atoms with Gasteiger partial charge >= 0.3 is 12.2 Å². The number of rotatable bonds is 6. The van der Waals surface area contributed by atoms with Crippen molar-refractivity contribution in [2.24, 2.45) is 0 Å². The monoisotopic (exact) mass is 495 g/mol. The van der Waals surface area contributed by atoms with Gasteiger partial charge in [-0.3, -0.25) is 4.98 Å². The lowest BCUT2D eigenvalue weighted by atomic mass is 9.80. The Balaban J connectivity index is 1.88. The number of carbonyl (C=O) groups excluding carboxylic acids is 1. The Hall–Kier alpha value is -3.84. The van der Waals surface area contributed by atoms with E-state index >= 15 is 0 Å². The van der Waals surface area contributed by atoms with Crippen LogP contribution >= 0.6 is 11.6 Å². The Morgan fingerprint density at radius 1 is 0.829 bits per heavy atom. The van der Waals surface area contributed by atoms with E-state index in [0.717, 1.165) is 17.7 Å². The number of nitrogens with zero attached hydrogens (tertiary/aromatic N) is 1. The molecule has 0 spiro atoms. The molecule has 4 aromatic rings. The molecule has 2 amide bonds. The molecule has 4 nitrogen and oxygen atoms in total. The number of carbonyl (C=O) groups is 1. The van der Waals surface area contributed by atoms with E-state index in [4.69, 9.17) is 11.6 Å². The number of urea groups is 1. The number of pyridine rings is 1. The maximum atomic E-state index is 13.7. The van der Waals surface area contributed by atoms with E-state index in [1.165, 1.54) is 12.3 Å². The van der Waals surface area contributed by atoms with Gasteiger partial charge in [0, 0.05) is 18.3 Å². The van der Waals surface area contributed by atoms with Gasteiger partial charge in [0.2, 0.25) is 0 Å². The fourth-order valence-electron chi connectivity index (χ4n) is 3.89. The lowest BCUT2D eigenvalue weighted by Crippen LogP contribution is -2.50. The van der Waals surface area contributed by atoms with E-state index in [0.29, 0.717) is 16.4 Å². The lowest BCUT2D eigenvalue weighted by Gasteiger charge is -2.36. The smallest absolute Gasteiger partial charge is 0.322 e. The van der Waals surface area contributed by atoms with E-state index in [1.807, 2.05) is 36.4 Å². The van der Waals surface area contributed by atoms with E-state index in [2.05, 4.69) is 15.6 Å². The maximum Gasteiger partial charge on any atom is 0.416 e. The van der Waals surface area contributed by atoms with Crippen molar-refractivity contribution in [3.8, 4) is 0 Å². The van der Waals surface area contributed by atoms with Gasteiger partial charge in [-0.2, -0.15) is 13.2 Å². The van der Waals surface area contributed by atoms with Gasteiger partial charge in [0.1, 0.15) is 5.54 Å². The topological polar surface area (TPSA) is 54.0 Å². The molecule has 1 aromatic heterocycles. The second-order valence-electron chi connectivity index (χ2n) is 7.95. The van der Waals surface area contributed by atoms with Crippen molar-refractivity contribution < 1.29 is 18.0 Å². The normalized spacial score (nSPS) is 13.0. The van der Waals surface area contributed by atoms with Crippen LogP contribution in [0.25, 0.3) is 0 Å². The van der Waals surface area contributed by atoms with E-state index in [9.17, 15) is 18.0 Å². The third-order valence-corrected chi connectivity index (χ3v) is 5.74. The molecule has 0 bridgehead atoms. The van der Waals surface area contributed by atoms with Gasteiger partial charge in [-0.25, -0.2) is 4.79 Å². The van der Waals surface area contributed by atoms with Gasteiger partial charge < -0.3 is 10.6 Å². The fraction of sp³-hybridized carbons (Fsp3) is 0.111. The number of hydrogen-bond donors (Lipinski definition) is 2. The minimum Gasteiger partial charge on any atom is -0.322 e. The lowest BCUT2D eigenvalue weighted by molar-refractivity contribution is -0.137. The number of amides is 2. The minimum atomic E-state index is -4.56. The molecular weight excluding hydrogens is 475 g/mol. The number of hydrogen-bond acceptors (Lipinski definition) is 2. The predicted molar refractivity (Wildman–Crippen MR) is 130 cm³/mol. The zero-order valence-corrected chi connectivity index (χ0v) is 19.1. The fourth-order valence-corrected chi connectivity index (χ4v) is 4.00. The summed E-state index contributed by atoms with van der Waals surface area (Å²) in [7, 11) is 0. The van der Waals surface area contributed by atoms with Crippen LogP contribution in [0.15, 0.2) is 103 Å². The number of benzene rings is 3. The van der Waals surface area contributed by atoms with Gasteiger partial charge in [0.05, 0.1) is 16.3 Å². The number of anilines is 1. The number of alkyl halides is 3. The maximum absolute atomic E-state index is 13.7. The second-order valence-corrected chi connectivity index (χ2v) is 8.39. The van der Waals surface area contributed by atoms with Gasteiger partial charge in [-0.05, 0) is 47.5 Å². The molecule has 1 unspecified atom stereocenters. The molecule has 0 saturated carbocycles. The summed E-state index contributed by atoms with van der Waals surface area (Å²) in [6, 6.07) is 25.5. The standard InChI is InChI=1S/C27H21ClF3N3O/c28-22-14-15-24(32-18-22)26(17-19-8-3-1-4-9-19,20-10-7-11-21(16-20)27(29,30)31)34-25(35)33-23-12-5-2-6-13-23/h1-16,18H,17H2,(H2,33,34,35). The molecule has 35 heavy (non-hydrogen) atoms. The number of para-hydroxylation sites is 1. The summed E-state index contributed by atoms with van der Waals surface area (Å²) in [4.78, 5) is 17.6. The Labute approximate surface area is 205 Å². The van der Waals surface area contributed by atoms with Crippen LogP contribution in [-0.4, -0.2) is 11.0 Å². The van der Waals surface area contributed by atoms with Crippen LogP contribution < -0.4 is 10.6 Å².